The Hall–Kier alpha value is -2.19. The zero-order valence-corrected chi connectivity index (χ0v) is 15.5. The highest BCUT2D eigenvalue weighted by Gasteiger charge is 2.28. The van der Waals surface area contributed by atoms with Crippen molar-refractivity contribution in [2.24, 2.45) is 0 Å². The summed E-state index contributed by atoms with van der Waals surface area (Å²) in [6.45, 7) is 1.86. The fourth-order valence-electron chi connectivity index (χ4n) is 2.85. The van der Waals surface area contributed by atoms with Crippen LogP contribution in [0, 0.1) is 0 Å². The number of amides is 1. The molecule has 0 bridgehead atoms. The number of anilines is 1. The van der Waals surface area contributed by atoms with Crippen molar-refractivity contribution in [3.63, 3.8) is 0 Å². The topological polar surface area (TPSA) is 76.6 Å². The van der Waals surface area contributed by atoms with Gasteiger partial charge in [-0.25, -0.2) is 0 Å². The minimum absolute atomic E-state index is 0.0396. The molecule has 0 spiro atoms. The summed E-state index contributed by atoms with van der Waals surface area (Å²) in [5.74, 6) is 2.08. The molecule has 4 rings (SSSR count). The van der Waals surface area contributed by atoms with Gasteiger partial charge in [-0.1, -0.05) is 23.5 Å². The highest BCUT2D eigenvalue weighted by atomic mass is 32.1. The lowest BCUT2D eigenvalue weighted by atomic mass is 10.2. The minimum atomic E-state index is -0.0403. The van der Waals surface area contributed by atoms with E-state index in [1.54, 1.807) is 0 Å². The number of rotatable bonds is 7. The molecule has 0 unspecified atom stereocenters. The van der Waals surface area contributed by atoms with Gasteiger partial charge in [0.05, 0.1) is 0 Å². The van der Waals surface area contributed by atoms with Crippen molar-refractivity contribution >= 4 is 22.4 Å². The van der Waals surface area contributed by atoms with Gasteiger partial charge in [-0.3, -0.25) is 4.79 Å². The Bertz CT molecular complexity index is 777. The maximum atomic E-state index is 12.1. The van der Waals surface area contributed by atoms with E-state index < -0.39 is 0 Å². The number of nitrogens with zero attached hydrogens (tertiary/aromatic N) is 3. The van der Waals surface area contributed by atoms with Crippen LogP contribution >= 0.6 is 11.3 Å². The molecule has 0 radical (unpaired) electrons. The zero-order chi connectivity index (χ0) is 17.9. The van der Waals surface area contributed by atoms with E-state index in [1.807, 2.05) is 31.3 Å². The second-order valence-corrected chi connectivity index (χ2v) is 7.79. The molecule has 1 atom stereocenters. The van der Waals surface area contributed by atoms with Gasteiger partial charge in [0.1, 0.15) is 17.7 Å². The monoisotopic (exact) mass is 374 g/mol. The second kappa shape index (κ2) is 7.59. The second-order valence-electron chi connectivity index (χ2n) is 6.78. The molecule has 1 N–H and O–H groups in total. The Balaban J connectivity index is 1.20. The molecule has 26 heavy (non-hydrogen) atoms. The predicted molar refractivity (Wildman–Crippen MR) is 99.0 cm³/mol. The number of nitrogens with one attached hydrogen (secondary N) is 1. The SMILES string of the molecule is CN(CCC(=O)Nc1nnc(C2CC2)s1)C[C@H]1COc2ccccc2O1. The van der Waals surface area contributed by atoms with Crippen LogP contribution < -0.4 is 14.8 Å². The normalized spacial score (nSPS) is 18.8. The molecule has 7 nitrogen and oxygen atoms in total. The minimum Gasteiger partial charge on any atom is -0.486 e. The molecule has 8 heteroatoms. The Kier molecular flexibility index (Phi) is 5.03. The first-order valence-electron chi connectivity index (χ1n) is 8.87. The van der Waals surface area contributed by atoms with Crippen molar-refractivity contribution in [1.82, 2.24) is 15.1 Å². The standard InChI is InChI=1S/C18H22N4O3S/c1-22(10-13-11-24-14-4-2-3-5-15(14)25-13)9-8-16(23)19-18-21-20-17(26-18)12-6-7-12/h2-5,12-13H,6-11H2,1H3,(H,19,21,23)/t13-/m0/s1. The van der Waals surface area contributed by atoms with Crippen LogP contribution in [0.5, 0.6) is 11.5 Å². The van der Waals surface area contributed by atoms with Crippen molar-refractivity contribution in [3.05, 3.63) is 29.3 Å². The van der Waals surface area contributed by atoms with Crippen molar-refractivity contribution < 1.29 is 14.3 Å². The van der Waals surface area contributed by atoms with Gasteiger partial charge in [0.15, 0.2) is 11.5 Å². The summed E-state index contributed by atoms with van der Waals surface area (Å²) in [5, 5.41) is 12.7. The van der Waals surface area contributed by atoms with Crippen molar-refractivity contribution in [3.8, 4) is 11.5 Å². The predicted octanol–water partition coefficient (Wildman–Crippen LogP) is 2.52. The van der Waals surface area contributed by atoms with Gasteiger partial charge in [0, 0.05) is 25.4 Å². The Morgan fingerprint density at radius 3 is 2.92 bits per heavy atom. The van der Waals surface area contributed by atoms with Crippen LogP contribution in [-0.2, 0) is 4.79 Å². The molecule has 1 aliphatic heterocycles. The quantitative estimate of drug-likeness (QED) is 0.803. The fraction of sp³-hybridized carbons (Fsp3) is 0.500. The third kappa shape index (κ3) is 4.31. The summed E-state index contributed by atoms with van der Waals surface area (Å²) >= 11 is 1.48. The number of carbonyl (C=O) groups is 1. The first-order chi connectivity index (χ1) is 12.7. The molecule has 2 aliphatic rings. The number of likely N-dealkylation sites (N-methyl/N-ethyl adjacent to an activating group) is 1. The number of hydrogen-bond acceptors (Lipinski definition) is 7. The van der Waals surface area contributed by atoms with Crippen LogP contribution in [0.15, 0.2) is 24.3 Å². The Morgan fingerprint density at radius 2 is 2.12 bits per heavy atom. The number of para-hydroxylation sites is 2. The van der Waals surface area contributed by atoms with Gasteiger partial charge in [0.2, 0.25) is 11.0 Å². The first-order valence-corrected chi connectivity index (χ1v) is 9.69. The van der Waals surface area contributed by atoms with Crippen molar-refractivity contribution in [1.29, 1.82) is 0 Å². The van der Waals surface area contributed by atoms with Gasteiger partial charge in [-0.2, -0.15) is 0 Å². The fourth-order valence-corrected chi connectivity index (χ4v) is 3.78. The molecule has 1 aromatic carbocycles. The van der Waals surface area contributed by atoms with Gasteiger partial charge >= 0.3 is 0 Å². The molecular formula is C18H22N4O3S. The van der Waals surface area contributed by atoms with Crippen LogP contribution in [0.1, 0.15) is 30.2 Å². The molecule has 1 saturated carbocycles. The zero-order valence-electron chi connectivity index (χ0n) is 14.7. The van der Waals surface area contributed by atoms with Crippen LogP contribution in [0.4, 0.5) is 5.13 Å². The van der Waals surface area contributed by atoms with Gasteiger partial charge in [-0.05, 0) is 32.0 Å². The highest BCUT2D eigenvalue weighted by molar-refractivity contribution is 7.15. The van der Waals surface area contributed by atoms with E-state index in [4.69, 9.17) is 9.47 Å². The molecule has 2 heterocycles. The van der Waals surface area contributed by atoms with E-state index in [1.165, 1.54) is 24.2 Å². The summed E-state index contributed by atoms with van der Waals surface area (Å²) < 4.78 is 11.7. The summed E-state index contributed by atoms with van der Waals surface area (Å²) in [6, 6.07) is 7.67. The van der Waals surface area contributed by atoms with E-state index in [-0.39, 0.29) is 12.0 Å². The molecule has 2 aromatic rings. The van der Waals surface area contributed by atoms with E-state index in [0.29, 0.717) is 37.2 Å². The van der Waals surface area contributed by atoms with Crippen LogP contribution in [0.3, 0.4) is 0 Å². The third-order valence-corrected chi connectivity index (χ3v) is 5.42. The van der Waals surface area contributed by atoms with E-state index in [0.717, 1.165) is 16.5 Å². The molecule has 1 amide bonds. The number of fused-ring (bicyclic) bond motifs is 1. The molecule has 0 saturated heterocycles. The van der Waals surface area contributed by atoms with Crippen LogP contribution in [-0.4, -0.2) is 53.9 Å². The van der Waals surface area contributed by atoms with Gasteiger partial charge < -0.3 is 19.7 Å². The average molecular weight is 374 g/mol. The number of ether oxygens (including phenoxy) is 2. The first kappa shape index (κ1) is 17.2. The van der Waals surface area contributed by atoms with Gasteiger partial charge in [0.25, 0.3) is 0 Å². The lowest BCUT2D eigenvalue weighted by molar-refractivity contribution is -0.116. The molecular weight excluding hydrogens is 352 g/mol. The average Bonchev–Trinajstić information content (AvgIpc) is 3.40. The Labute approximate surface area is 156 Å². The molecule has 1 aliphatic carbocycles. The number of carbonyl (C=O) groups excluding carboxylic acids is 1. The van der Waals surface area contributed by atoms with Gasteiger partial charge in [-0.15, -0.1) is 10.2 Å². The van der Waals surface area contributed by atoms with E-state index in [9.17, 15) is 4.79 Å². The molecule has 138 valence electrons. The summed E-state index contributed by atoms with van der Waals surface area (Å²) in [7, 11) is 1.98. The number of aromatic nitrogens is 2. The maximum Gasteiger partial charge on any atom is 0.227 e. The van der Waals surface area contributed by atoms with Crippen molar-refractivity contribution in [2.75, 3.05) is 32.1 Å². The van der Waals surface area contributed by atoms with E-state index >= 15 is 0 Å². The summed E-state index contributed by atoms with van der Waals surface area (Å²) in [4.78, 5) is 14.2. The molecule has 1 fully saturated rings. The summed E-state index contributed by atoms with van der Waals surface area (Å²) in [5.41, 5.74) is 0. The van der Waals surface area contributed by atoms with Crippen LogP contribution in [0.25, 0.3) is 0 Å². The summed E-state index contributed by atoms with van der Waals surface area (Å²) in [6.07, 6.45) is 2.73. The highest BCUT2D eigenvalue weighted by Crippen LogP contribution is 2.42. The largest absolute Gasteiger partial charge is 0.486 e. The van der Waals surface area contributed by atoms with E-state index in [2.05, 4.69) is 20.4 Å². The maximum absolute atomic E-state index is 12.1. The Morgan fingerprint density at radius 1 is 1.31 bits per heavy atom. The third-order valence-electron chi connectivity index (χ3n) is 4.42. The molecule has 1 aromatic heterocycles. The lowest BCUT2D eigenvalue weighted by Gasteiger charge is -2.29. The lowest BCUT2D eigenvalue weighted by Crippen LogP contribution is -2.40. The van der Waals surface area contributed by atoms with Crippen molar-refractivity contribution in [2.45, 2.75) is 31.3 Å². The van der Waals surface area contributed by atoms with Crippen LogP contribution in [0.2, 0.25) is 0 Å². The smallest absolute Gasteiger partial charge is 0.227 e. The number of benzene rings is 1. The number of hydrogen-bond donors (Lipinski definition) is 1.